The summed E-state index contributed by atoms with van der Waals surface area (Å²) in [6, 6.07) is 9.90. The third kappa shape index (κ3) is 2.54. The van der Waals surface area contributed by atoms with E-state index in [1.807, 2.05) is 49.2 Å². The Kier molecular flexibility index (Phi) is 4.33. The molecule has 1 heterocycles. The summed E-state index contributed by atoms with van der Waals surface area (Å²) in [4.78, 5) is 14.4. The molecule has 2 rings (SSSR count). The van der Waals surface area contributed by atoms with Crippen LogP contribution in [0, 0.1) is 5.92 Å². The third-order valence-corrected chi connectivity index (χ3v) is 3.42. The SMILES string of the molecule is CCN(C(=O)C1COCC1NC)c1ccccc1. The first-order valence-electron chi connectivity index (χ1n) is 6.39. The minimum atomic E-state index is -0.0878. The molecule has 0 bridgehead atoms. The maximum atomic E-state index is 12.6. The number of carbonyl (C=O) groups is 1. The van der Waals surface area contributed by atoms with Crippen LogP contribution in [0.1, 0.15) is 6.92 Å². The van der Waals surface area contributed by atoms with Crippen LogP contribution in [-0.2, 0) is 9.53 Å². The molecule has 1 fully saturated rings. The van der Waals surface area contributed by atoms with Crippen LogP contribution in [-0.4, -0.2) is 38.8 Å². The summed E-state index contributed by atoms with van der Waals surface area (Å²) in [6.07, 6.45) is 0. The number of hydrogen-bond acceptors (Lipinski definition) is 3. The van der Waals surface area contributed by atoms with Gasteiger partial charge in [-0.25, -0.2) is 0 Å². The highest BCUT2D eigenvalue weighted by Crippen LogP contribution is 2.21. The first-order valence-corrected chi connectivity index (χ1v) is 6.39. The van der Waals surface area contributed by atoms with Crippen molar-refractivity contribution in [2.24, 2.45) is 5.92 Å². The Bertz CT molecular complexity index is 394. The van der Waals surface area contributed by atoms with Gasteiger partial charge in [0.2, 0.25) is 5.91 Å². The molecule has 2 atom stereocenters. The summed E-state index contributed by atoms with van der Waals surface area (Å²) in [5.74, 6) is 0.0516. The second kappa shape index (κ2) is 5.98. The third-order valence-electron chi connectivity index (χ3n) is 3.42. The van der Waals surface area contributed by atoms with Crippen LogP contribution in [0.15, 0.2) is 30.3 Å². The van der Waals surface area contributed by atoms with Gasteiger partial charge in [0.05, 0.1) is 19.1 Å². The zero-order valence-electron chi connectivity index (χ0n) is 10.9. The lowest BCUT2D eigenvalue weighted by molar-refractivity contribution is -0.122. The molecule has 4 heteroatoms. The molecule has 1 aliphatic heterocycles. The van der Waals surface area contributed by atoms with Gasteiger partial charge in [0.15, 0.2) is 0 Å². The number of nitrogens with zero attached hydrogens (tertiary/aromatic N) is 1. The Balaban J connectivity index is 2.15. The molecule has 1 amide bonds. The van der Waals surface area contributed by atoms with Gasteiger partial charge < -0.3 is 15.0 Å². The van der Waals surface area contributed by atoms with E-state index in [1.165, 1.54) is 0 Å². The average molecular weight is 248 g/mol. The van der Waals surface area contributed by atoms with Crippen molar-refractivity contribution in [1.29, 1.82) is 0 Å². The first-order chi connectivity index (χ1) is 8.77. The Morgan fingerprint density at radius 2 is 2.11 bits per heavy atom. The van der Waals surface area contributed by atoms with Gasteiger partial charge in [-0.15, -0.1) is 0 Å². The molecule has 2 unspecified atom stereocenters. The second-order valence-electron chi connectivity index (χ2n) is 4.46. The van der Waals surface area contributed by atoms with E-state index < -0.39 is 0 Å². The molecule has 0 aliphatic carbocycles. The fraction of sp³-hybridized carbons (Fsp3) is 0.500. The van der Waals surface area contributed by atoms with Crippen LogP contribution in [0.4, 0.5) is 5.69 Å². The van der Waals surface area contributed by atoms with Crippen LogP contribution in [0.5, 0.6) is 0 Å². The lowest BCUT2D eigenvalue weighted by atomic mass is 10.0. The lowest BCUT2D eigenvalue weighted by Gasteiger charge is -2.26. The number of benzene rings is 1. The van der Waals surface area contributed by atoms with Gasteiger partial charge in [-0.1, -0.05) is 18.2 Å². The molecule has 0 radical (unpaired) electrons. The molecule has 0 spiro atoms. The van der Waals surface area contributed by atoms with E-state index in [-0.39, 0.29) is 17.9 Å². The molecule has 18 heavy (non-hydrogen) atoms. The fourth-order valence-corrected chi connectivity index (χ4v) is 2.36. The summed E-state index contributed by atoms with van der Waals surface area (Å²) in [5.41, 5.74) is 0.951. The number of likely N-dealkylation sites (N-methyl/N-ethyl adjacent to an activating group) is 1. The maximum Gasteiger partial charge on any atom is 0.234 e. The number of rotatable bonds is 4. The number of ether oxygens (including phenoxy) is 1. The lowest BCUT2D eigenvalue weighted by Crippen LogP contribution is -2.44. The second-order valence-corrected chi connectivity index (χ2v) is 4.46. The molecular weight excluding hydrogens is 228 g/mol. The molecule has 0 saturated carbocycles. The van der Waals surface area contributed by atoms with Crippen LogP contribution < -0.4 is 10.2 Å². The Morgan fingerprint density at radius 3 is 2.72 bits per heavy atom. The molecule has 98 valence electrons. The quantitative estimate of drug-likeness (QED) is 0.872. The van der Waals surface area contributed by atoms with E-state index in [2.05, 4.69) is 5.32 Å². The molecule has 4 nitrogen and oxygen atoms in total. The highest BCUT2D eigenvalue weighted by atomic mass is 16.5. The zero-order chi connectivity index (χ0) is 13.0. The van der Waals surface area contributed by atoms with Crippen molar-refractivity contribution in [3.8, 4) is 0 Å². The maximum absolute atomic E-state index is 12.6. The van der Waals surface area contributed by atoms with Gasteiger partial charge in [0, 0.05) is 18.3 Å². The van der Waals surface area contributed by atoms with Crippen molar-refractivity contribution in [3.63, 3.8) is 0 Å². The van der Waals surface area contributed by atoms with Crippen molar-refractivity contribution in [3.05, 3.63) is 30.3 Å². The summed E-state index contributed by atoms with van der Waals surface area (Å²) in [7, 11) is 1.87. The predicted octanol–water partition coefficient (Wildman–Crippen LogP) is 1.27. The number of nitrogens with one attached hydrogen (secondary N) is 1. The van der Waals surface area contributed by atoms with Gasteiger partial charge in [-0.2, -0.15) is 0 Å². The summed E-state index contributed by atoms with van der Waals surface area (Å²) in [6.45, 7) is 3.79. The Morgan fingerprint density at radius 1 is 1.39 bits per heavy atom. The predicted molar refractivity (Wildman–Crippen MR) is 71.6 cm³/mol. The minimum absolute atomic E-state index is 0.0878. The largest absolute Gasteiger partial charge is 0.379 e. The van der Waals surface area contributed by atoms with E-state index in [0.717, 1.165) is 5.69 Å². The number of amides is 1. The first kappa shape index (κ1) is 13.1. The Labute approximate surface area is 108 Å². The van der Waals surface area contributed by atoms with E-state index in [4.69, 9.17) is 4.74 Å². The van der Waals surface area contributed by atoms with Crippen LogP contribution in [0.3, 0.4) is 0 Å². The average Bonchev–Trinajstić information content (AvgIpc) is 2.89. The summed E-state index contributed by atoms with van der Waals surface area (Å²) < 4.78 is 5.40. The van der Waals surface area contributed by atoms with Gasteiger partial charge in [0.25, 0.3) is 0 Å². The van der Waals surface area contributed by atoms with Crippen LogP contribution in [0.2, 0.25) is 0 Å². The monoisotopic (exact) mass is 248 g/mol. The highest BCUT2D eigenvalue weighted by Gasteiger charge is 2.35. The fourth-order valence-electron chi connectivity index (χ4n) is 2.36. The highest BCUT2D eigenvalue weighted by molar-refractivity contribution is 5.95. The molecule has 1 N–H and O–H groups in total. The molecular formula is C14H20N2O2. The Hall–Kier alpha value is -1.39. The minimum Gasteiger partial charge on any atom is -0.379 e. The summed E-state index contributed by atoms with van der Waals surface area (Å²) in [5, 5.41) is 3.15. The van der Waals surface area contributed by atoms with E-state index in [9.17, 15) is 4.79 Å². The molecule has 1 aromatic rings. The standard InChI is InChI=1S/C14H20N2O2/c1-3-16(11-7-5-4-6-8-11)14(17)12-9-18-10-13(12)15-2/h4-8,12-13,15H,3,9-10H2,1-2H3. The number of para-hydroxylation sites is 1. The zero-order valence-corrected chi connectivity index (χ0v) is 10.9. The van der Waals surface area contributed by atoms with Crippen LogP contribution in [0.25, 0.3) is 0 Å². The molecule has 0 aromatic heterocycles. The number of hydrogen-bond donors (Lipinski definition) is 1. The van der Waals surface area contributed by atoms with Gasteiger partial charge in [-0.3, -0.25) is 4.79 Å². The number of carbonyl (C=O) groups excluding carboxylic acids is 1. The van der Waals surface area contributed by atoms with Crippen LogP contribution >= 0.6 is 0 Å². The van der Waals surface area contributed by atoms with Crippen molar-refractivity contribution < 1.29 is 9.53 Å². The topological polar surface area (TPSA) is 41.6 Å². The molecule has 1 aromatic carbocycles. The number of anilines is 1. The van der Waals surface area contributed by atoms with Gasteiger partial charge >= 0.3 is 0 Å². The van der Waals surface area contributed by atoms with Gasteiger partial charge in [-0.05, 0) is 26.1 Å². The molecule has 1 saturated heterocycles. The normalized spacial score (nSPS) is 23.0. The van der Waals surface area contributed by atoms with Crippen molar-refractivity contribution in [1.82, 2.24) is 5.32 Å². The van der Waals surface area contributed by atoms with Crippen molar-refractivity contribution >= 4 is 11.6 Å². The van der Waals surface area contributed by atoms with E-state index in [1.54, 1.807) is 0 Å². The van der Waals surface area contributed by atoms with E-state index >= 15 is 0 Å². The van der Waals surface area contributed by atoms with Gasteiger partial charge in [0.1, 0.15) is 0 Å². The smallest absolute Gasteiger partial charge is 0.234 e. The summed E-state index contributed by atoms with van der Waals surface area (Å²) >= 11 is 0. The molecule has 1 aliphatic rings. The van der Waals surface area contributed by atoms with Crippen molar-refractivity contribution in [2.75, 3.05) is 31.7 Å². The van der Waals surface area contributed by atoms with E-state index in [0.29, 0.717) is 19.8 Å². The van der Waals surface area contributed by atoms with Crippen molar-refractivity contribution in [2.45, 2.75) is 13.0 Å².